The average molecular weight is 464 g/mol. The van der Waals surface area contributed by atoms with Gasteiger partial charge in [0.05, 0.1) is 18.9 Å². The standard InChI is InChI=1S/C26H26FN3O4/c1-18-6-5-7-20(14-18)17-34-23-11-10-19(15-24(23)33-2)16-29-30-25(31)12-13-28-26(32)21-8-3-4-9-22(21)27/h3-11,14-16H,12-13,17H2,1-2H3,(H,28,32)(H,30,31). The topological polar surface area (TPSA) is 89.0 Å². The second-order valence-corrected chi connectivity index (χ2v) is 7.47. The molecule has 2 amide bonds. The fraction of sp³-hybridized carbons (Fsp3) is 0.192. The summed E-state index contributed by atoms with van der Waals surface area (Å²) in [5.74, 6) is -0.452. The van der Waals surface area contributed by atoms with E-state index in [-0.39, 0.29) is 18.5 Å². The number of hydrogen-bond donors (Lipinski definition) is 2. The van der Waals surface area contributed by atoms with E-state index in [1.54, 1.807) is 31.4 Å². The van der Waals surface area contributed by atoms with Crippen LogP contribution in [0.2, 0.25) is 0 Å². The number of halogens is 1. The number of nitrogens with zero attached hydrogens (tertiary/aromatic N) is 1. The molecule has 0 heterocycles. The van der Waals surface area contributed by atoms with E-state index in [1.807, 2.05) is 25.1 Å². The summed E-state index contributed by atoms with van der Waals surface area (Å²) in [5.41, 5.74) is 5.24. The second-order valence-electron chi connectivity index (χ2n) is 7.47. The smallest absolute Gasteiger partial charge is 0.254 e. The maximum absolute atomic E-state index is 13.6. The van der Waals surface area contributed by atoms with Crippen molar-refractivity contribution in [1.82, 2.24) is 10.7 Å². The Labute approximate surface area is 197 Å². The number of ether oxygens (including phenoxy) is 2. The Morgan fingerprint density at radius 3 is 2.62 bits per heavy atom. The Morgan fingerprint density at radius 2 is 1.85 bits per heavy atom. The molecule has 2 N–H and O–H groups in total. The summed E-state index contributed by atoms with van der Waals surface area (Å²) in [7, 11) is 1.55. The Morgan fingerprint density at radius 1 is 1.03 bits per heavy atom. The van der Waals surface area contributed by atoms with E-state index < -0.39 is 17.6 Å². The number of benzene rings is 3. The normalized spacial score (nSPS) is 10.7. The molecule has 3 aromatic carbocycles. The molecule has 0 aliphatic heterocycles. The molecule has 0 aliphatic carbocycles. The summed E-state index contributed by atoms with van der Waals surface area (Å²) in [6.07, 6.45) is 1.47. The minimum atomic E-state index is -0.615. The summed E-state index contributed by atoms with van der Waals surface area (Å²) in [4.78, 5) is 23.9. The predicted molar refractivity (Wildman–Crippen MR) is 128 cm³/mol. The average Bonchev–Trinajstić information content (AvgIpc) is 2.83. The van der Waals surface area contributed by atoms with Crippen molar-refractivity contribution in [3.8, 4) is 11.5 Å². The quantitative estimate of drug-likeness (QED) is 0.352. The van der Waals surface area contributed by atoms with Crippen molar-refractivity contribution in [3.63, 3.8) is 0 Å². The highest BCUT2D eigenvalue weighted by Gasteiger charge is 2.11. The Balaban J connectivity index is 1.46. The fourth-order valence-corrected chi connectivity index (χ4v) is 3.11. The van der Waals surface area contributed by atoms with Gasteiger partial charge in [0.15, 0.2) is 11.5 Å². The summed E-state index contributed by atoms with van der Waals surface area (Å²) >= 11 is 0. The van der Waals surface area contributed by atoms with Crippen LogP contribution in [0, 0.1) is 12.7 Å². The van der Waals surface area contributed by atoms with E-state index in [2.05, 4.69) is 21.9 Å². The zero-order valence-electron chi connectivity index (χ0n) is 19.0. The molecule has 0 spiro atoms. The number of carbonyl (C=O) groups excluding carboxylic acids is 2. The van der Waals surface area contributed by atoms with Gasteiger partial charge in [-0.3, -0.25) is 9.59 Å². The van der Waals surface area contributed by atoms with Crippen molar-refractivity contribution in [1.29, 1.82) is 0 Å². The van der Waals surface area contributed by atoms with Crippen LogP contribution in [-0.2, 0) is 11.4 Å². The predicted octanol–water partition coefficient (Wildman–Crippen LogP) is 3.99. The van der Waals surface area contributed by atoms with Gasteiger partial charge in [0.1, 0.15) is 12.4 Å². The van der Waals surface area contributed by atoms with Crippen molar-refractivity contribution in [2.75, 3.05) is 13.7 Å². The van der Waals surface area contributed by atoms with Crippen LogP contribution in [0.4, 0.5) is 4.39 Å². The molecule has 0 unspecified atom stereocenters. The Bertz CT molecular complexity index is 1180. The zero-order chi connectivity index (χ0) is 24.3. The highest BCUT2D eigenvalue weighted by atomic mass is 19.1. The van der Waals surface area contributed by atoms with Gasteiger partial charge < -0.3 is 14.8 Å². The third-order valence-electron chi connectivity index (χ3n) is 4.82. The minimum absolute atomic E-state index is 0.00735. The molecule has 0 atom stereocenters. The molecule has 0 aromatic heterocycles. The lowest BCUT2D eigenvalue weighted by Crippen LogP contribution is -2.29. The van der Waals surface area contributed by atoms with E-state index in [9.17, 15) is 14.0 Å². The van der Waals surface area contributed by atoms with Crippen molar-refractivity contribution in [2.45, 2.75) is 20.0 Å². The van der Waals surface area contributed by atoms with Gasteiger partial charge >= 0.3 is 0 Å². The maximum atomic E-state index is 13.6. The number of methoxy groups -OCH3 is 1. The number of amides is 2. The van der Waals surface area contributed by atoms with E-state index in [1.165, 1.54) is 24.4 Å². The van der Waals surface area contributed by atoms with Crippen LogP contribution in [0.15, 0.2) is 71.8 Å². The Hall–Kier alpha value is -4.20. The lowest BCUT2D eigenvalue weighted by Gasteiger charge is -2.11. The van der Waals surface area contributed by atoms with E-state index in [0.29, 0.717) is 23.7 Å². The van der Waals surface area contributed by atoms with Crippen LogP contribution in [0.5, 0.6) is 11.5 Å². The minimum Gasteiger partial charge on any atom is -0.493 e. The first-order chi connectivity index (χ1) is 16.5. The molecule has 0 aliphatic rings. The largest absolute Gasteiger partial charge is 0.493 e. The van der Waals surface area contributed by atoms with E-state index >= 15 is 0 Å². The lowest BCUT2D eigenvalue weighted by molar-refractivity contribution is -0.120. The van der Waals surface area contributed by atoms with Gasteiger partial charge in [-0.2, -0.15) is 5.10 Å². The third-order valence-corrected chi connectivity index (χ3v) is 4.82. The van der Waals surface area contributed by atoms with Gasteiger partial charge in [0, 0.05) is 13.0 Å². The van der Waals surface area contributed by atoms with Crippen LogP contribution in [0.3, 0.4) is 0 Å². The SMILES string of the molecule is COc1cc(C=NNC(=O)CCNC(=O)c2ccccc2F)ccc1OCc1cccc(C)c1. The van der Waals surface area contributed by atoms with Crippen LogP contribution < -0.4 is 20.2 Å². The van der Waals surface area contributed by atoms with Crippen molar-refractivity contribution in [2.24, 2.45) is 5.10 Å². The number of rotatable bonds is 10. The number of hydrazone groups is 1. The zero-order valence-corrected chi connectivity index (χ0v) is 19.0. The number of carbonyl (C=O) groups is 2. The first-order valence-electron chi connectivity index (χ1n) is 10.7. The molecule has 0 radical (unpaired) electrons. The maximum Gasteiger partial charge on any atom is 0.254 e. The van der Waals surface area contributed by atoms with Gasteiger partial charge in [-0.05, 0) is 48.4 Å². The molecule has 176 valence electrons. The third kappa shape index (κ3) is 7.16. The molecule has 3 rings (SSSR count). The van der Waals surface area contributed by atoms with Crippen LogP contribution in [0.25, 0.3) is 0 Å². The van der Waals surface area contributed by atoms with Crippen LogP contribution >= 0.6 is 0 Å². The lowest BCUT2D eigenvalue weighted by atomic mass is 10.1. The summed E-state index contributed by atoms with van der Waals surface area (Å²) in [6.45, 7) is 2.49. The molecular formula is C26H26FN3O4. The summed E-state index contributed by atoms with van der Waals surface area (Å²) in [6, 6.07) is 19.0. The number of aryl methyl sites for hydroxylation is 1. The Kier molecular flexibility index (Phi) is 8.73. The van der Waals surface area contributed by atoms with Crippen LogP contribution in [-0.4, -0.2) is 31.7 Å². The van der Waals surface area contributed by atoms with Crippen molar-refractivity contribution in [3.05, 3.63) is 94.8 Å². The van der Waals surface area contributed by atoms with Gasteiger partial charge in [0.25, 0.3) is 5.91 Å². The first kappa shape index (κ1) is 24.4. The second kappa shape index (κ2) is 12.2. The van der Waals surface area contributed by atoms with Crippen molar-refractivity contribution < 1.29 is 23.5 Å². The molecule has 3 aromatic rings. The van der Waals surface area contributed by atoms with Gasteiger partial charge in [-0.15, -0.1) is 0 Å². The molecular weight excluding hydrogens is 437 g/mol. The molecule has 7 nitrogen and oxygen atoms in total. The van der Waals surface area contributed by atoms with E-state index in [4.69, 9.17) is 9.47 Å². The van der Waals surface area contributed by atoms with Gasteiger partial charge in [0.2, 0.25) is 5.91 Å². The van der Waals surface area contributed by atoms with Crippen molar-refractivity contribution >= 4 is 18.0 Å². The molecule has 0 bridgehead atoms. The highest BCUT2D eigenvalue weighted by molar-refractivity contribution is 5.94. The van der Waals surface area contributed by atoms with Gasteiger partial charge in [-0.25, -0.2) is 9.82 Å². The van der Waals surface area contributed by atoms with Crippen LogP contribution in [0.1, 0.15) is 33.5 Å². The number of nitrogens with one attached hydrogen (secondary N) is 2. The highest BCUT2D eigenvalue weighted by Crippen LogP contribution is 2.28. The molecule has 0 saturated heterocycles. The molecule has 34 heavy (non-hydrogen) atoms. The molecule has 0 saturated carbocycles. The molecule has 0 fully saturated rings. The van der Waals surface area contributed by atoms with Gasteiger partial charge in [-0.1, -0.05) is 42.0 Å². The number of hydrogen-bond acceptors (Lipinski definition) is 5. The summed E-state index contributed by atoms with van der Waals surface area (Å²) < 4.78 is 24.9. The summed E-state index contributed by atoms with van der Waals surface area (Å²) in [5, 5.41) is 6.43. The van der Waals surface area contributed by atoms with E-state index in [0.717, 1.165) is 11.1 Å². The first-order valence-corrected chi connectivity index (χ1v) is 10.7. The fourth-order valence-electron chi connectivity index (χ4n) is 3.11. The monoisotopic (exact) mass is 463 g/mol. The molecule has 8 heteroatoms.